The highest BCUT2D eigenvalue weighted by atomic mass is 16.5. The molecule has 15 heavy (non-hydrogen) atoms. The molecule has 0 aliphatic rings. The van der Waals surface area contributed by atoms with Crippen molar-refractivity contribution in [2.45, 2.75) is 39.8 Å². The second-order valence-electron chi connectivity index (χ2n) is 3.27. The fourth-order valence-electron chi connectivity index (χ4n) is 1.52. The maximum atomic E-state index is 9.03. The van der Waals surface area contributed by atoms with Crippen molar-refractivity contribution in [2.75, 3.05) is 13.2 Å². The molecule has 1 aromatic heterocycles. The Morgan fingerprint density at radius 1 is 1.40 bits per heavy atom. The molecule has 1 heterocycles. The average molecular weight is 213 g/mol. The number of hydrogen-bond acceptors (Lipinski definition) is 4. The summed E-state index contributed by atoms with van der Waals surface area (Å²) in [6.45, 7) is 6.28. The third kappa shape index (κ3) is 3.28. The first-order valence-electron chi connectivity index (χ1n) is 5.43. The Morgan fingerprint density at radius 2 is 2.20 bits per heavy atom. The monoisotopic (exact) mass is 213 g/mol. The van der Waals surface area contributed by atoms with Crippen LogP contribution in [0.1, 0.15) is 31.7 Å². The molecule has 5 heteroatoms. The van der Waals surface area contributed by atoms with Gasteiger partial charge < -0.3 is 9.84 Å². The minimum Gasteiger partial charge on any atom is -0.390 e. The second kappa shape index (κ2) is 6.53. The first-order chi connectivity index (χ1) is 7.33. The largest absolute Gasteiger partial charge is 0.390 e. The zero-order valence-electron chi connectivity index (χ0n) is 9.44. The number of hydrogen-bond donors (Lipinski definition) is 1. The van der Waals surface area contributed by atoms with E-state index in [1.165, 1.54) is 0 Å². The van der Waals surface area contributed by atoms with Gasteiger partial charge in [-0.3, -0.25) is 0 Å². The molecular weight excluding hydrogens is 194 g/mol. The van der Waals surface area contributed by atoms with Crippen molar-refractivity contribution in [1.29, 1.82) is 0 Å². The van der Waals surface area contributed by atoms with Gasteiger partial charge >= 0.3 is 0 Å². The normalized spacial score (nSPS) is 10.9. The average Bonchev–Trinajstić information content (AvgIpc) is 2.66. The van der Waals surface area contributed by atoms with E-state index in [1.54, 1.807) is 0 Å². The maximum absolute atomic E-state index is 9.03. The topological polar surface area (TPSA) is 60.2 Å². The molecule has 0 aliphatic heterocycles. The van der Waals surface area contributed by atoms with E-state index in [4.69, 9.17) is 9.84 Å². The zero-order valence-corrected chi connectivity index (χ0v) is 9.44. The van der Waals surface area contributed by atoms with Gasteiger partial charge in [-0.05, 0) is 19.8 Å². The summed E-state index contributed by atoms with van der Waals surface area (Å²) in [5.74, 6) is 0. The molecule has 0 fully saturated rings. The molecule has 0 bridgehead atoms. The third-order valence-electron chi connectivity index (χ3n) is 2.27. The molecule has 0 spiro atoms. The van der Waals surface area contributed by atoms with Gasteiger partial charge in [0, 0.05) is 19.8 Å². The van der Waals surface area contributed by atoms with E-state index in [0.29, 0.717) is 5.69 Å². The Bertz CT molecular complexity index is 286. The predicted octanol–water partition coefficient (Wildman–Crippen LogP) is 0.759. The fourth-order valence-corrected chi connectivity index (χ4v) is 1.52. The van der Waals surface area contributed by atoms with Crippen LogP contribution in [-0.2, 0) is 24.3 Å². The Kier molecular flexibility index (Phi) is 5.28. The highest BCUT2D eigenvalue weighted by molar-refractivity contribution is 5.08. The number of ether oxygens (including phenoxy) is 1. The standard InChI is InChI=1S/C10H19N3O2/c1-3-10-9(8-14)11-12-13(10)6-5-7-15-4-2/h14H,3-8H2,1-2H3. The molecule has 1 N–H and O–H groups in total. The van der Waals surface area contributed by atoms with Gasteiger partial charge in [0.05, 0.1) is 12.3 Å². The van der Waals surface area contributed by atoms with E-state index in [1.807, 2.05) is 18.5 Å². The zero-order chi connectivity index (χ0) is 11.1. The number of aryl methyl sites for hydroxylation is 1. The second-order valence-corrected chi connectivity index (χ2v) is 3.27. The van der Waals surface area contributed by atoms with Crippen LogP contribution in [0, 0.1) is 0 Å². The van der Waals surface area contributed by atoms with Crippen molar-refractivity contribution in [3.63, 3.8) is 0 Å². The van der Waals surface area contributed by atoms with Crippen LogP contribution in [-0.4, -0.2) is 33.3 Å². The Labute approximate surface area is 90.1 Å². The third-order valence-corrected chi connectivity index (χ3v) is 2.27. The highest BCUT2D eigenvalue weighted by Crippen LogP contribution is 2.06. The number of aliphatic hydroxyl groups excluding tert-OH is 1. The van der Waals surface area contributed by atoms with Crippen molar-refractivity contribution in [1.82, 2.24) is 15.0 Å². The van der Waals surface area contributed by atoms with Crippen molar-refractivity contribution in [3.8, 4) is 0 Å². The number of rotatable bonds is 7. The van der Waals surface area contributed by atoms with Crippen LogP contribution in [0.4, 0.5) is 0 Å². The van der Waals surface area contributed by atoms with Crippen molar-refractivity contribution in [3.05, 3.63) is 11.4 Å². The van der Waals surface area contributed by atoms with Gasteiger partial charge in [-0.2, -0.15) is 0 Å². The lowest BCUT2D eigenvalue weighted by molar-refractivity contribution is 0.140. The molecule has 5 nitrogen and oxygen atoms in total. The summed E-state index contributed by atoms with van der Waals surface area (Å²) in [7, 11) is 0. The van der Waals surface area contributed by atoms with Crippen LogP contribution in [0.25, 0.3) is 0 Å². The molecular formula is C10H19N3O2. The SMILES string of the molecule is CCOCCCn1nnc(CO)c1CC. The van der Waals surface area contributed by atoms with Crippen LogP contribution in [0.15, 0.2) is 0 Å². The summed E-state index contributed by atoms with van der Waals surface area (Å²) in [5.41, 5.74) is 1.71. The summed E-state index contributed by atoms with van der Waals surface area (Å²) in [5, 5.41) is 17.0. The van der Waals surface area contributed by atoms with Gasteiger partial charge in [-0.25, -0.2) is 4.68 Å². The quantitative estimate of drug-likeness (QED) is 0.679. The molecule has 0 aromatic carbocycles. The molecule has 0 aliphatic carbocycles. The lowest BCUT2D eigenvalue weighted by Gasteiger charge is -2.05. The van der Waals surface area contributed by atoms with Crippen molar-refractivity contribution < 1.29 is 9.84 Å². The molecule has 1 rings (SSSR count). The molecule has 0 atom stereocenters. The summed E-state index contributed by atoms with van der Waals surface area (Å²) in [4.78, 5) is 0. The van der Waals surface area contributed by atoms with E-state index in [0.717, 1.165) is 38.3 Å². The molecule has 0 saturated carbocycles. The molecule has 1 aromatic rings. The van der Waals surface area contributed by atoms with E-state index < -0.39 is 0 Å². The van der Waals surface area contributed by atoms with Crippen LogP contribution < -0.4 is 0 Å². The van der Waals surface area contributed by atoms with Gasteiger partial charge in [0.15, 0.2) is 0 Å². The lowest BCUT2D eigenvalue weighted by Crippen LogP contribution is -2.08. The summed E-state index contributed by atoms with van der Waals surface area (Å²) in [6, 6.07) is 0. The summed E-state index contributed by atoms with van der Waals surface area (Å²) < 4.78 is 7.10. The number of aliphatic hydroxyl groups is 1. The first kappa shape index (κ1) is 12.1. The Hall–Kier alpha value is -0.940. The molecule has 0 unspecified atom stereocenters. The molecule has 0 radical (unpaired) electrons. The smallest absolute Gasteiger partial charge is 0.111 e. The van der Waals surface area contributed by atoms with Crippen LogP contribution >= 0.6 is 0 Å². The van der Waals surface area contributed by atoms with Gasteiger partial charge in [-0.1, -0.05) is 12.1 Å². The lowest BCUT2D eigenvalue weighted by atomic mass is 10.2. The molecule has 0 amide bonds. The fraction of sp³-hybridized carbons (Fsp3) is 0.800. The van der Waals surface area contributed by atoms with Gasteiger partial charge in [0.2, 0.25) is 0 Å². The van der Waals surface area contributed by atoms with Gasteiger partial charge in [-0.15, -0.1) is 5.10 Å². The Morgan fingerprint density at radius 3 is 2.80 bits per heavy atom. The minimum absolute atomic E-state index is 0.0331. The number of aromatic nitrogens is 3. The van der Waals surface area contributed by atoms with Gasteiger partial charge in [0.1, 0.15) is 5.69 Å². The van der Waals surface area contributed by atoms with E-state index in [2.05, 4.69) is 10.3 Å². The van der Waals surface area contributed by atoms with Crippen LogP contribution in [0.2, 0.25) is 0 Å². The maximum Gasteiger partial charge on any atom is 0.111 e. The van der Waals surface area contributed by atoms with Crippen LogP contribution in [0.3, 0.4) is 0 Å². The van der Waals surface area contributed by atoms with Crippen molar-refractivity contribution in [2.24, 2.45) is 0 Å². The van der Waals surface area contributed by atoms with Crippen molar-refractivity contribution >= 4 is 0 Å². The number of nitrogens with zero attached hydrogens (tertiary/aromatic N) is 3. The molecule has 0 saturated heterocycles. The summed E-state index contributed by atoms with van der Waals surface area (Å²) >= 11 is 0. The summed E-state index contributed by atoms with van der Waals surface area (Å²) in [6.07, 6.45) is 1.77. The minimum atomic E-state index is -0.0331. The predicted molar refractivity (Wildman–Crippen MR) is 56.4 cm³/mol. The van der Waals surface area contributed by atoms with E-state index >= 15 is 0 Å². The van der Waals surface area contributed by atoms with E-state index in [-0.39, 0.29) is 6.61 Å². The van der Waals surface area contributed by atoms with Crippen LogP contribution in [0.5, 0.6) is 0 Å². The first-order valence-corrected chi connectivity index (χ1v) is 5.43. The Balaban J connectivity index is 2.49. The van der Waals surface area contributed by atoms with Gasteiger partial charge in [0.25, 0.3) is 0 Å². The molecule has 86 valence electrons. The van der Waals surface area contributed by atoms with E-state index in [9.17, 15) is 0 Å². The highest BCUT2D eigenvalue weighted by Gasteiger charge is 2.09.